The zero-order chi connectivity index (χ0) is 16.1. The van der Waals surface area contributed by atoms with E-state index in [-0.39, 0.29) is 11.2 Å². The van der Waals surface area contributed by atoms with E-state index in [9.17, 15) is 4.79 Å². The van der Waals surface area contributed by atoms with Crippen LogP contribution in [0.5, 0.6) is 0 Å². The zero-order valence-corrected chi connectivity index (χ0v) is 14.1. The van der Waals surface area contributed by atoms with E-state index in [0.29, 0.717) is 25.7 Å². The lowest BCUT2D eigenvalue weighted by molar-refractivity contribution is -0.115. The minimum Gasteiger partial charge on any atom is -0.363 e. The van der Waals surface area contributed by atoms with Gasteiger partial charge in [-0.3, -0.25) is 4.79 Å². The number of halogens is 1. The molecular formula is C13H12ClN5OS2. The molecule has 0 aliphatic carbocycles. The lowest BCUT2D eigenvalue weighted by Crippen LogP contribution is -2.22. The summed E-state index contributed by atoms with van der Waals surface area (Å²) in [6, 6.07) is 6.74. The Morgan fingerprint density at radius 1 is 1.50 bits per heavy atom. The van der Waals surface area contributed by atoms with Crippen molar-refractivity contribution in [3.05, 3.63) is 28.8 Å². The lowest BCUT2D eigenvalue weighted by Gasteiger charge is -2.10. The first-order chi connectivity index (χ1) is 10.5. The van der Waals surface area contributed by atoms with Crippen LogP contribution in [0.25, 0.3) is 0 Å². The molecule has 0 aliphatic heterocycles. The third kappa shape index (κ3) is 4.10. The molecule has 9 heteroatoms. The van der Waals surface area contributed by atoms with Crippen molar-refractivity contribution in [2.45, 2.75) is 16.5 Å². The minimum atomic E-state index is -0.341. The van der Waals surface area contributed by atoms with Gasteiger partial charge in [0.2, 0.25) is 11.0 Å². The van der Waals surface area contributed by atoms with Gasteiger partial charge < -0.3 is 10.6 Å². The van der Waals surface area contributed by atoms with E-state index >= 15 is 0 Å². The van der Waals surface area contributed by atoms with Crippen LogP contribution in [0.1, 0.15) is 12.5 Å². The topological polar surface area (TPSA) is 90.7 Å². The fraction of sp³-hybridized carbons (Fsp3) is 0.231. The Morgan fingerprint density at radius 3 is 2.86 bits per heavy atom. The average Bonchev–Trinajstić information content (AvgIpc) is 2.95. The maximum absolute atomic E-state index is 12.2. The fourth-order valence-electron chi connectivity index (χ4n) is 1.49. The van der Waals surface area contributed by atoms with Crippen LogP contribution in [0, 0.1) is 11.3 Å². The van der Waals surface area contributed by atoms with Gasteiger partial charge in [-0.1, -0.05) is 34.7 Å². The molecule has 0 unspecified atom stereocenters. The predicted octanol–water partition coefficient (Wildman–Crippen LogP) is 3.22. The summed E-state index contributed by atoms with van der Waals surface area (Å²) >= 11 is 8.65. The third-order valence-corrected chi connectivity index (χ3v) is 5.06. The van der Waals surface area contributed by atoms with E-state index in [0.717, 1.165) is 0 Å². The number of carbonyl (C=O) groups excluding carboxylic acids is 1. The van der Waals surface area contributed by atoms with Crippen LogP contribution >= 0.6 is 34.7 Å². The molecule has 1 amide bonds. The largest absolute Gasteiger partial charge is 0.363 e. The molecule has 0 spiro atoms. The van der Waals surface area contributed by atoms with E-state index < -0.39 is 0 Å². The van der Waals surface area contributed by atoms with Gasteiger partial charge in [0, 0.05) is 12.7 Å². The van der Waals surface area contributed by atoms with Crippen molar-refractivity contribution in [3.63, 3.8) is 0 Å². The number of rotatable bonds is 5. The van der Waals surface area contributed by atoms with Crippen LogP contribution in [0.15, 0.2) is 22.5 Å². The first kappa shape index (κ1) is 16.5. The number of thioether (sulfide) groups is 1. The highest BCUT2D eigenvalue weighted by molar-refractivity contribution is 8.02. The number of hydrogen-bond donors (Lipinski definition) is 2. The van der Waals surface area contributed by atoms with Crippen molar-refractivity contribution in [2.75, 3.05) is 17.7 Å². The normalized spacial score (nSPS) is 11.5. The Morgan fingerprint density at radius 2 is 2.27 bits per heavy atom. The SMILES string of the molecule is CNc1nnc(S[C@H](C)C(=O)Nc2ccc(C#N)c(Cl)c2)s1. The maximum Gasteiger partial charge on any atom is 0.237 e. The fourth-order valence-corrected chi connectivity index (χ4v) is 3.56. The van der Waals surface area contributed by atoms with Crippen molar-refractivity contribution in [1.29, 1.82) is 5.26 Å². The van der Waals surface area contributed by atoms with E-state index in [1.54, 1.807) is 32.2 Å². The molecule has 1 heterocycles. The van der Waals surface area contributed by atoms with E-state index in [2.05, 4.69) is 20.8 Å². The number of nitrogens with zero attached hydrogens (tertiary/aromatic N) is 3. The summed E-state index contributed by atoms with van der Waals surface area (Å²) < 4.78 is 0.713. The number of carbonyl (C=O) groups is 1. The number of anilines is 2. The van der Waals surface area contributed by atoms with E-state index in [1.165, 1.54) is 23.1 Å². The molecule has 2 rings (SSSR count). The number of amides is 1. The second kappa shape index (κ2) is 7.45. The Bertz CT molecular complexity index is 727. The van der Waals surface area contributed by atoms with E-state index in [1.807, 2.05) is 6.07 Å². The number of nitrogens with one attached hydrogen (secondary N) is 2. The average molecular weight is 354 g/mol. The predicted molar refractivity (Wildman–Crippen MR) is 89.6 cm³/mol. The maximum atomic E-state index is 12.2. The molecule has 0 bridgehead atoms. The van der Waals surface area contributed by atoms with Crippen molar-refractivity contribution >= 4 is 51.4 Å². The van der Waals surface area contributed by atoms with Crippen molar-refractivity contribution < 1.29 is 4.79 Å². The summed E-state index contributed by atoms with van der Waals surface area (Å²) in [5, 5.41) is 23.1. The van der Waals surface area contributed by atoms with Crippen molar-refractivity contribution in [1.82, 2.24) is 10.2 Å². The molecule has 0 saturated heterocycles. The van der Waals surface area contributed by atoms with Gasteiger partial charge in [0.1, 0.15) is 6.07 Å². The van der Waals surface area contributed by atoms with E-state index in [4.69, 9.17) is 16.9 Å². The van der Waals surface area contributed by atoms with Crippen LogP contribution in [-0.2, 0) is 4.79 Å². The summed E-state index contributed by atoms with van der Waals surface area (Å²) in [5.74, 6) is -0.174. The zero-order valence-electron chi connectivity index (χ0n) is 11.8. The lowest BCUT2D eigenvalue weighted by atomic mass is 10.2. The van der Waals surface area contributed by atoms with Gasteiger partial charge in [-0.15, -0.1) is 10.2 Å². The molecule has 0 fully saturated rings. The number of nitriles is 1. The Hall–Kier alpha value is -1.82. The molecule has 1 atom stereocenters. The van der Waals surface area contributed by atoms with Crippen molar-refractivity contribution in [3.8, 4) is 6.07 Å². The summed E-state index contributed by atoms with van der Waals surface area (Å²) in [6.45, 7) is 1.78. The van der Waals surface area contributed by atoms with Crippen LogP contribution in [-0.4, -0.2) is 28.4 Å². The van der Waals surface area contributed by atoms with Crippen LogP contribution in [0.3, 0.4) is 0 Å². The summed E-state index contributed by atoms with van der Waals surface area (Å²) in [5.41, 5.74) is 0.921. The molecular weight excluding hydrogens is 342 g/mol. The monoisotopic (exact) mass is 353 g/mol. The summed E-state index contributed by atoms with van der Waals surface area (Å²) in [6.07, 6.45) is 0. The van der Waals surface area contributed by atoms with Gasteiger partial charge >= 0.3 is 0 Å². The molecule has 1 aromatic carbocycles. The van der Waals surface area contributed by atoms with Gasteiger partial charge in [-0.25, -0.2) is 0 Å². The number of benzene rings is 1. The third-order valence-electron chi connectivity index (χ3n) is 2.62. The molecule has 0 radical (unpaired) electrons. The molecule has 6 nitrogen and oxygen atoms in total. The molecule has 22 heavy (non-hydrogen) atoms. The first-order valence-corrected chi connectivity index (χ1v) is 8.29. The quantitative estimate of drug-likeness (QED) is 0.802. The highest BCUT2D eigenvalue weighted by atomic mass is 35.5. The first-order valence-electron chi connectivity index (χ1n) is 6.22. The summed E-state index contributed by atoms with van der Waals surface area (Å²) in [4.78, 5) is 12.2. The minimum absolute atomic E-state index is 0.174. The van der Waals surface area contributed by atoms with Gasteiger partial charge in [0.05, 0.1) is 15.8 Å². The Labute approximate surface area is 140 Å². The molecule has 0 saturated carbocycles. The highest BCUT2D eigenvalue weighted by Crippen LogP contribution is 2.29. The number of hydrogen-bond acceptors (Lipinski definition) is 7. The second-order valence-corrected chi connectivity index (χ2v) is 7.15. The number of aromatic nitrogens is 2. The van der Waals surface area contributed by atoms with Gasteiger partial charge in [-0.2, -0.15) is 5.26 Å². The smallest absolute Gasteiger partial charge is 0.237 e. The van der Waals surface area contributed by atoms with Crippen LogP contribution < -0.4 is 10.6 Å². The Balaban J connectivity index is 1.99. The van der Waals surface area contributed by atoms with Gasteiger partial charge in [-0.05, 0) is 25.1 Å². The highest BCUT2D eigenvalue weighted by Gasteiger charge is 2.17. The van der Waals surface area contributed by atoms with Crippen LogP contribution in [0.2, 0.25) is 5.02 Å². The second-order valence-electron chi connectivity index (χ2n) is 4.18. The molecule has 114 valence electrons. The molecule has 0 aliphatic rings. The molecule has 2 aromatic rings. The van der Waals surface area contributed by atoms with Gasteiger partial charge in [0.25, 0.3) is 0 Å². The van der Waals surface area contributed by atoms with Crippen molar-refractivity contribution in [2.24, 2.45) is 0 Å². The Kier molecular flexibility index (Phi) is 5.60. The molecule has 1 aromatic heterocycles. The summed E-state index contributed by atoms with van der Waals surface area (Å²) in [7, 11) is 1.76. The molecule has 2 N–H and O–H groups in total. The van der Waals surface area contributed by atoms with Crippen LogP contribution in [0.4, 0.5) is 10.8 Å². The standard InChI is InChI=1S/C13H12ClN5OS2/c1-7(21-13-19-18-12(16-2)22-13)11(20)17-9-4-3-8(6-15)10(14)5-9/h3-5,7H,1-2H3,(H,16,18)(H,17,20)/t7-/m1/s1. The van der Waals surface area contributed by atoms with Gasteiger partial charge in [0.15, 0.2) is 4.34 Å².